The minimum Gasteiger partial charge on any atom is -0.380 e. The van der Waals surface area contributed by atoms with E-state index in [1.54, 1.807) is 0 Å². The largest absolute Gasteiger partial charge is 0.380 e. The van der Waals surface area contributed by atoms with Gasteiger partial charge in [0.2, 0.25) is 0 Å². The highest BCUT2D eigenvalue weighted by Crippen LogP contribution is 2.24. The molecule has 0 radical (unpaired) electrons. The summed E-state index contributed by atoms with van der Waals surface area (Å²) in [5.41, 5.74) is 0. The molecule has 3 heteroatoms. The smallest absolute Gasteiger partial charge is 0.0593 e. The minimum atomic E-state index is 0.754. The first-order valence-electron chi connectivity index (χ1n) is 7.41. The lowest BCUT2D eigenvalue weighted by Crippen LogP contribution is -2.59. The lowest BCUT2D eigenvalue weighted by atomic mass is 9.96. The van der Waals surface area contributed by atoms with Gasteiger partial charge in [-0.2, -0.15) is 0 Å². The van der Waals surface area contributed by atoms with Crippen molar-refractivity contribution in [1.82, 2.24) is 9.80 Å². The zero-order chi connectivity index (χ0) is 12.1. The van der Waals surface area contributed by atoms with Gasteiger partial charge in [-0.15, -0.1) is 0 Å². The fourth-order valence-electron chi connectivity index (χ4n) is 3.30. The van der Waals surface area contributed by atoms with E-state index in [9.17, 15) is 0 Å². The number of piperazine rings is 1. The normalized spacial score (nSPS) is 31.4. The van der Waals surface area contributed by atoms with E-state index in [2.05, 4.69) is 23.6 Å². The third-order valence-electron chi connectivity index (χ3n) is 4.35. The second-order valence-corrected chi connectivity index (χ2v) is 5.40. The van der Waals surface area contributed by atoms with Crippen molar-refractivity contribution in [2.45, 2.75) is 51.6 Å². The SMILES string of the molecule is CCOCCN1CC2CCCCN2CC1CC. The molecule has 0 spiro atoms. The van der Waals surface area contributed by atoms with Crippen LogP contribution in [0.25, 0.3) is 0 Å². The van der Waals surface area contributed by atoms with Crippen molar-refractivity contribution < 1.29 is 4.74 Å². The molecule has 3 nitrogen and oxygen atoms in total. The molecule has 0 aliphatic carbocycles. The van der Waals surface area contributed by atoms with Gasteiger partial charge in [0.15, 0.2) is 0 Å². The van der Waals surface area contributed by atoms with Crippen molar-refractivity contribution in [2.75, 3.05) is 39.4 Å². The van der Waals surface area contributed by atoms with E-state index in [1.165, 1.54) is 45.3 Å². The molecule has 0 aromatic rings. The summed E-state index contributed by atoms with van der Waals surface area (Å²) in [6.07, 6.45) is 5.51. The summed E-state index contributed by atoms with van der Waals surface area (Å²) < 4.78 is 5.51. The average Bonchev–Trinajstić information content (AvgIpc) is 2.38. The van der Waals surface area contributed by atoms with Crippen LogP contribution in [0.15, 0.2) is 0 Å². The average molecular weight is 240 g/mol. The first kappa shape index (κ1) is 13.3. The van der Waals surface area contributed by atoms with Gasteiger partial charge in [-0.25, -0.2) is 0 Å². The van der Waals surface area contributed by atoms with Crippen LogP contribution in [0.3, 0.4) is 0 Å². The third-order valence-corrected chi connectivity index (χ3v) is 4.35. The number of ether oxygens (including phenoxy) is 1. The van der Waals surface area contributed by atoms with Crippen LogP contribution in [-0.4, -0.2) is 61.3 Å². The molecular formula is C14H28N2O. The van der Waals surface area contributed by atoms with Crippen molar-refractivity contribution in [3.63, 3.8) is 0 Å². The predicted molar refractivity (Wildman–Crippen MR) is 71.4 cm³/mol. The Morgan fingerprint density at radius 2 is 2.06 bits per heavy atom. The molecule has 2 unspecified atom stereocenters. The molecular weight excluding hydrogens is 212 g/mol. The van der Waals surface area contributed by atoms with E-state index in [0.29, 0.717) is 0 Å². The Morgan fingerprint density at radius 1 is 1.18 bits per heavy atom. The second-order valence-electron chi connectivity index (χ2n) is 5.40. The van der Waals surface area contributed by atoms with E-state index < -0.39 is 0 Å². The van der Waals surface area contributed by atoms with Gasteiger partial charge >= 0.3 is 0 Å². The molecule has 2 atom stereocenters. The Bertz CT molecular complexity index is 222. The molecule has 17 heavy (non-hydrogen) atoms. The summed E-state index contributed by atoms with van der Waals surface area (Å²) in [7, 11) is 0. The molecule has 100 valence electrons. The summed E-state index contributed by atoms with van der Waals surface area (Å²) >= 11 is 0. The van der Waals surface area contributed by atoms with Gasteiger partial charge in [-0.3, -0.25) is 9.80 Å². The summed E-state index contributed by atoms with van der Waals surface area (Å²) in [6.45, 7) is 11.2. The monoisotopic (exact) mass is 240 g/mol. The van der Waals surface area contributed by atoms with Crippen molar-refractivity contribution in [3.05, 3.63) is 0 Å². The minimum absolute atomic E-state index is 0.754. The van der Waals surface area contributed by atoms with E-state index in [0.717, 1.165) is 31.8 Å². The van der Waals surface area contributed by atoms with Crippen LogP contribution in [0.4, 0.5) is 0 Å². The molecule has 2 heterocycles. The molecule has 0 N–H and O–H groups in total. The molecule has 2 rings (SSSR count). The maximum Gasteiger partial charge on any atom is 0.0593 e. The molecule has 0 bridgehead atoms. The van der Waals surface area contributed by atoms with Gasteiger partial charge in [0, 0.05) is 38.3 Å². The Labute approximate surface area is 106 Å². The Balaban J connectivity index is 1.85. The molecule has 0 saturated carbocycles. The van der Waals surface area contributed by atoms with Crippen LogP contribution in [0.2, 0.25) is 0 Å². The first-order chi connectivity index (χ1) is 8.35. The Hall–Kier alpha value is -0.120. The highest BCUT2D eigenvalue weighted by molar-refractivity contribution is 4.90. The first-order valence-corrected chi connectivity index (χ1v) is 7.41. The van der Waals surface area contributed by atoms with Gasteiger partial charge in [0.1, 0.15) is 0 Å². The van der Waals surface area contributed by atoms with Gasteiger partial charge in [-0.05, 0) is 32.7 Å². The van der Waals surface area contributed by atoms with Crippen LogP contribution in [0, 0.1) is 0 Å². The maximum absolute atomic E-state index is 5.51. The van der Waals surface area contributed by atoms with Crippen LogP contribution in [0.1, 0.15) is 39.5 Å². The van der Waals surface area contributed by atoms with Crippen LogP contribution in [0.5, 0.6) is 0 Å². The summed E-state index contributed by atoms with van der Waals surface area (Å²) in [6, 6.07) is 1.58. The number of piperidine rings is 1. The van der Waals surface area contributed by atoms with Crippen LogP contribution < -0.4 is 0 Å². The third kappa shape index (κ3) is 3.43. The van der Waals surface area contributed by atoms with Crippen molar-refractivity contribution in [1.29, 1.82) is 0 Å². The van der Waals surface area contributed by atoms with E-state index in [4.69, 9.17) is 4.74 Å². The standard InChI is InChI=1S/C14H28N2O/c1-3-13-11-15-8-6-5-7-14(15)12-16(13)9-10-17-4-2/h13-14H,3-12H2,1-2H3. The molecule has 2 aliphatic rings. The quantitative estimate of drug-likeness (QED) is 0.683. The van der Waals surface area contributed by atoms with Gasteiger partial charge in [-0.1, -0.05) is 13.3 Å². The zero-order valence-electron chi connectivity index (χ0n) is 11.5. The Kier molecular flexibility index (Phi) is 5.26. The molecule has 2 saturated heterocycles. The number of hydrogen-bond donors (Lipinski definition) is 0. The van der Waals surface area contributed by atoms with Crippen molar-refractivity contribution >= 4 is 0 Å². The second kappa shape index (κ2) is 6.72. The highest BCUT2D eigenvalue weighted by atomic mass is 16.5. The van der Waals surface area contributed by atoms with Crippen LogP contribution >= 0.6 is 0 Å². The van der Waals surface area contributed by atoms with E-state index in [1.807, 2.05) is 0 Å². The summed E-state index contributed by atoms with van der Waals surface area (Å²) in [4.78, 5) is 5.40. The summed E-state index contributed by atoms with van der Waals surface area (Å²) in [5.74, 6) is 0. The lowest BCUT2D eigenvalue weighted by molar-refractivity contribution is -0.00643. The number of fused-ring (bicyclic) bond motifs is 1. The van der Waals surface area contributed by atoms with E-state index in [-0.39, 0.29) is 0 Å². The van der Waals surface area contributed by atoms with Crippen molar-refractivity contribution in [2.24, 2.45) is 0 Å². The number of rotatable bonds is 5. The highest BCUT2D eigenvalue weighted by Gasteiger charge is 2.33. The van der Waals surface area contributed by atoms with E-state index >= 15 is 0 Å². The number of hydrogen-bond acceptors (Lipinski definition) is 3. The summed E-state index contributed by atoms with van der Waals surface area (Å²) in [5, 5.41) is 0. The lowest BCUT2D eigenvalue weighted by Gasteiger charge is -2.48. The fraction of sp³-hybridized carbons (Fsp3) is 1.00. The molecule has 2 aliphatic heterocycles. The van der Waals surface area contributed by atoms with Gasteiger partial charge < -0.3 is 4.74 Å². The van der Waals surface area contributed by atoms with Gasteiger partial charge in [0.25, 0.3) is 0 Å². The molecule has 0 aromatic carbocycles. The molecule has 0 aromatic heterocycles. The predicted octanol–water partition coefficient (Wildman–Crippen LogP) is 1.97. The van der Waals surface area contributed by atoms with Gasteiger partial charge in [0.05, 0.1) is 6.61 Å². The Morgan fingerprint density at radius 3 is 2.82 bits per heavy atom. The maximum atomic E-state index is 5.51. The zero-order valence-corrected chi connectivity index (χ0v) is 11.5. The van der Waals surface area contributed by atoms with Crippen molar-refractivity contribution in [3.8, 4) is 0 Å². The number of nitrogens with zero attached hydrogens (tertiary/aromatic N) is 2. The van der Waals surface area contributed by atoms with Crippen LogP contribution in [-0.2, 0) is 4.74 Å². The molecule has 0 amide bonds. The molecule has 2 fully saturated rings. The topological polar surface area (TPSA) is 15.7 Å². The fourth-order valence-corrected chi connectivity index (χ4v) is 3.30.